The van der Waals surface area contributed by atoms with Crippen LogP contribution in [0.4, 0.5) is 11.4 Å². The fourth-order valence-electron chi connectivity index (χ4n) is 3.03. The molecule has 1 aromatic heterocycles. The Hall–Kier alpha value is -3.49. The standard InChI is InChI=1S/C18H17N3O6/c1-9-14(21(25)26)5-7-16(22)20(9)10(2)17(23)12-4-6-15-13(8-12)19-18(24)11(3)27-15/h4-8,10-11H,1-3H3,(H,19,24). The van der Waals surface area contributed by atoms with Crippen LogP contribution >= 0.6 is 0 Å². The lowest BCUT2D eigenvalue weighted by molar-refractivity contribution is -0.386. The minimum Gasteiger partial charge on any atom is -0.479 e. The van der Waals surface area contributed by atoms with Gasteiger partial charge in [0, 0.05) is 17.7 Å². The van der Waals surface area contributed by atoms with Crippen LogP contribution in [0, 0.1) is 17.0 Å². The zero-order valence-electron chi connectivity index (χ0n) is 14.9. The number of carbonyl (C=O) groups excluding carboxylic acids is 2. The molecule has 0 saturated heterocycles. The van der Waals surface area contributed by atoms with E-state index in [-0.39, 0.29) is 22.9 Å². The monoisotopic (exact) mass is 371 g/mol. The maximum absolute atomic E-state index is 12.9. The number of amides is 1. The van der Waals surface area contributed by atoms with E-state index in [2.05, 4.69) is 5.32 Å². The lowest BCUT2D eigenvalue weighted by Crippen LogP contribution is -2.34. The number of hydrogen-bond donors (Lipinski definition) is 1. The zero-order valence-corrected chi connectivity index (χ0v) is 14.9. The van der Waals surface area contributed by atoms with Crippen LogP contribution in [0.25, 0.3) is 0 Å². The molecule has 9 heteroatoms. The molecular formula is C18H17N3O6. The van der Waals surface area contributed by atoms with E-state index in [9.17, 15) is 24.5 Å². The molecule has 1 aromatic carbocycles. The fourth-order valence-corrected chi connectivity index (χ4v) is 3.03. The molecule has 2 aromatic rings. The summed E-state index contributed by atoms with van der Waals surface area (Å²) in [6.45, 7) is 4.53. The number of hydrogen-bond acceptors (Lipinski definition) is 6. The first-order chi connectivity index (χ1) is 12.7. The number of benzene rings is 1. The molecule has 0 aliphatic carbocycles. The highest BCUT2D eigenvalue weighted by molar-refractivity contribution is 6.03. The highest BCUT2D eigenvalue weighted by Gasteiger charge is 2.27. The van der Waals surface area contributed by atoms with E-state index in [1.807, 2.05) is 0 Å². The van der Waals surface area contributed by atoms with Crippen LogP contribution < -0.4 is 15.6 Å². The topological polar surface area (TPSA) is 121 Å². The molecular weight excluding hydrogens is 354 g/mol. The Morgan fingerprint density at radius 3 is 2.67 bits per heavy atom. The van der Waals surface area contributed by atoms with Crippen LogP contribution in [-0.2, 0) is 4.79 Å². The first kappa shape index (κ1) is 18.3. The lowest BCUT2D eigenvalue weighted by atomic mass is 10.0. The van der Waals surface area contributed by atoms with Crippen molar-refractivity contribution >= 4 is 23.1 Å². The number of rotatable bonds is 4. The summed E-state index contributed by atoms with van der Waals surface area (Å²) in [6.07, 6.45) is -0.635. The van der Waals surface area contributed by atoms with E-state index in [0.717, 1.165) is 16.7 Å². The minimum absolute atomic E-state index is 0.0942. The van der Waals surface area contributed by atoms with E-state index in [1.165, 1.54) is 26.0 Å². The number of nitrogens with one attached hydrogen (secondary N) is 1. The van der Waals surface area contributed by atoms with Crippen molar-refractivity contribution in [2.45, 2.75) is 32.9 Å². The molecule has 2 heterocycles. The SMILES string of the molecule is Cc1c([N+](=O)[O-])ccc(=O)n1C(C)C(=O)c1ccc2c(c1)NC(=O)C(C)O2. The van der Waals surface area contributed by atoms with Crippen LogP contribution in [0.1, 0.15) is 35.9 Å². The Balaban J connectivity index is 1.99. The van der Waals surface area contributed by atoms with Crippen molar-refractivity contribution in [2.75, 3.05) is 5.32 Å². The second kappa shape index (κ2) is 6.67. The lowest BCUT2D eigenvalue weighted by Gasteiger charge is -2.24. The number of ketones is 1. The molecule has 27 heavy (non-hydrogen) atoms. The molecule has 140 valence electrons. The molecule has 1 N–H and O–H groups in total. The van der Waals surface area contributed by atoms with Gasteiger partial charge in [0.2, 0.25) is 0 Å². The van der Waals surface area contributed by atoms with Gasteiger partial charge in [0.1, 0.15) is 5.75 Å². The highest BCUT2D eigenvalue weighted by atomic mass is 16.6. The number of pyridine rings is 1. The van der Waals surface area contributed by atoms with E-state index in [1.54, 1.807) is 13.0 Å². The number of aromatic nitrogens is 1. The summed E-state index contributed by atoms with van der Waals surface area (Å²) >= 11 is 0. The summed E-state index contributed by atoms with van der Waals surface area (Å²) in [5.74, 6) is -0.308. The molecule has 9 nitrogen and oxygen atoms in total. The molecule has 0 bridgehead atoms. The zero-order chi connectivity index (χ0) is 19.9. The Bertz CT molecular complexity index is 1030. The summed E-state index contributed by atoms with van der Waals surface area (Å²) in [5.41, 5.74) is -0.0507. The largest absolute Gasteiger partial charge is 0.479 e. The van der Waals surface area contributed by atoms with Crippen LogP contribution in [0.5, 0.6) is 5.75 Å². The van der Waals surface area contributed by atoms with Gasteiger partial charge in [-0.1, -0.05) is 0 Å². The Labute approximate surface area is 153 Å². The first-order valence-electron chi connectivity index (χ1n) is 8.23. The number of fused-ring (bicyclic) bond motifs is 1. The van der Waals surface area contributed by atoms with Gasteiger partial charge in [-0.3, -0.25) is 29.1 Å². The summed E-state index contributed by atoms with van der Waals surface area (Å²) in [6, 6.07) is 5.79. The van der Waals surface area contributed by atoms with Gasteiger partial charge in [0.25, 0.3) is 17.2 Å². The van der Waals surface area contributed by atoms with Crippen LogP contribution in [-0.4, -0.2) is 27.3 Å². The van der Waals surface area contributed by atoms with Crippen molar-refractivity contribution in [1.82, 2.24) is 4.57 Å². The molecule has 1 aliphatic rings. The third-order valence-corrected chi connectivity index (χ3v) is 4.51. The molecule has 0 spiro atoms. The predicted octanol–water partition coefficient (Wildman–Crippen LogP) is 2.23. The molecule has 2 unspecified atom stereocenters. The molecule has 1 amide bonds. The Kier molecular flexibility index (Phi) is 4.52. The van der Waals surface area contributed by atoms with Gasteiger partial charge in [-0.25, -0.2) is 0 Å². The van der Waals surface area contributed by atoms with Gasteiger partial charge in [0.05, 0.1) is 22.3 Å². The molecule has 0 saturated carbocycles. The maximum Gasteiger partial charge on any atom is 0.288 e. The van der Waals surface area contributed by atoms with Crippen molar-refractivity contribution in [2.24, 2.45) is 0 Å². The molecule has 3 rings (SSSR count). The predicted molar refractivity (Wildman–Crippen MR) is 96.3 cm³/mol. The normalized spacial score (nSPS) is 16.7. The minimum atomic E-state index is -0.963. The maximum atomic E-state index is 12.9. The van der Waals surface area contributed by atoms with Gasteiger partial charge in [-0.2, -0.15) is 0 Å². The van der Waals surface area contributed by atoms with Gasteiger partial charge in [0.15, 0.2) is 11.9 Å². The van der Waals surface area contributed by atoms with Crippen molar-refractivity contribution in [3.8, 4) is 5.75 Å². The molecule has 1 aliphatic heterocycles. The van der Waals surface area contributed by atoms with E-state index >= 15 is 0 Å². The number of ether oxygens (including phenoxy) is 1. The van der Waals surface area contributed by atoms with Crippen molar-refractivity contribution in [3.63, 3.8) is 0 Å². The Morgan fingerprint density at radius 1 is 1.30 bits per heavy atom. The van der Waals surface area contributed by atoms with E-state index in [0.29, 0.717) is 11.4 Å². The summed E-state index contributed by atoms with van der Waals surface area (Å²) < 4.78 is 6.55. The van der Waals surface area contributed by atoms with Gasteiger partial charge in [-0.05, 0) is 39.0 Å². The number of nitro groups is 1. The van der Waals surface area contributed by atoms with Crippen LogP contribution in [0.15, 0.2) is 35.1 Å². The average molecular weight is 371 g/mol. The van der Waals surface area contributed by atoms with Gasteiger partial charge in [-0.15, -0.1) is 0 Å². The first-order valence-corrected chi connectivity index (χ1v) is 8.23. The van der Waals surface area contributed by atoms with Gasteiger partial charge < -0.3 is 10.1 Å². The van der Waals surface area contributed by atoms with Crippen molar-refractivity contribution in [3.05, 3.63) is 62.1 Å². The summed E-state index contributed by atoms with van der Waals surface area (Å²) in [4.78, 5) is 47.4. The van der Waals surface area contributed by atoms with E-state index < -0.39 is 28.4 Å². The smallest absolute Gasteiger partial charge is 0.288 e. The van der Waals surface area contributed by atoms with Crippen LogP contribution in [0.3, 0.4) is 0 Å². The van der Waals surface area contributed by atoms with Crippen molar-refractivity contribution in [1.29, 1.82) is 0 Å². The van der Waals surface area contributed by atoms with E-state index in [4.69, 9.17) is 4.74 Å². The third-order valence-electron chi connectivity index (χ3n) is 4.51. The fraction of sp³-hybridized carbons (Fsp3) is 0.278. The second-order valence-corrected chi connectivity index (χ2v) is 6.27. The number of nitrogens with zero attached hydrogens (tertiary/aromatic N) is 2. The average Bonchev–Trinajstić information content (AvgIpc) is 2.61. The number of carbonyl (C=O) groups is 2. The third kappa shape index (κ3) is 3.19. The Morgan fingerprint density at radius 2 is 2.00 bits per heavy atom. The molecule has 0 fully saturated rings. The highest BCUT2D eigenvalue weighted by Crippen LogP contribution is 2.31. The summed E-state index contributed by atoms with van der Waals surface area (Å²) in [7, 11) is 0. The van der Waals surface area contributed by atoms with Crippen molar-refractivity contribution < 1.29 is 19.2 Å². The second-order valence-electron chi connectivity index (χ2n) is 6.27. The molecule has 0 radical (unpaired) electrons. The molecule has 2 atom stereocenters. The van der Waals surface area contributed by atoms with Crippen LogP contribution in [0.2, 0.25) is 0 Å². The number of Topliss-reactive ketones (excluding diaryl/α,β-unsaturated/α-hetero) is 1. The number of anilines is 1. The van der Waals surface area contributed by atoms with Gasteiger partial charge >= 0.3 is 0 Å². The summed E-state index contributed by atoms with van der Waals surface area (Å²) in [5, 5.41) is 13.8. The quantitative estimate of drug-likeness (QED) is 0.500.